The fraction of sp³-hybridized carbons (Fsp3) is 0.929. The van der Waals surface area contributed by atoms with E-state index in [2.05, 4.69) is 38.9 Å². The minimum absolute atomic E-state index is 0.334. The molecular weight excluding hydrogens is 230 g/mol. The van der Waals surface area contributed by atoms with Crippen molar-refractivity contribution >= 4 is 17.7 Å². The molecule has 102 valence electrons. The van der Waals surface area contributed by atoms with Crippen molar-refractivity contribution in [2.45, 2.75) is 47.0 Å². The quantitative estimate of drug-likeness (QED) is 0.630. The van der Waals surface area contributed by atoms with Gasteiger partial charge in [-0.15, -0.1) is 0 Å². The fourth-order valence-electron chi connectivity index (χ4n) is 1.54. The largest absolute Gasteiger partial charge is 0.343 e. The average Bonchev–Trinajstić information content (AvgIpc) is 2.25. The van der Waals surface area contributed by atoms with Gasteiger partial charge in [0.1, 0.15) is 0 Å². The molecule has 0 fully saturated rings. The van der Waals surface area contributed by atoms with Crippen LogP contribution in [0.5, 0.6) is 0 Å². The van der Waals surface area contributed by atoms with Crippen LogP contribution in [0.4, 0.5) is 0 Å². The van der Waals surface area contributed by atoms with Gasteiger partial charge in [-0.05, 0) is 30.9 Å². The van der Waals surface area contributed by atoms with Crippen molar-refractivity contribution in [3.8, 4) is 0 Å². The lowest BCUT2D eigenvalue weighted by atomic mass is 10.1. The summed E-state index contributed by atoms with van der Waals surface area (Å²) >= 11 is 1.75. The standard InChI is InChI=1S/C14H29NOS/c1-12(2)6-9-15(10-7-13(3)4)14(16)8-11-17-5/h12-13H,6-11H2,1-5H3. The molecule has 3 heteroatoms. The van der Waals surface area contributed by atoms with E-state index in [9.17, 15) is 4.79 Å². The van der Waals surface area contributed by atoms with Gasteiger partial charge in [0.25, 0.3) is 0 Å². The predicted molar refractivity (Wildman–Crippen MR) is 78.5 cm³/mol. The highest BCUT2D eigenvalue weighted by Crippen LogP contribution is 2.09. The molecule has 0 aromatic carbocycles. The molecule has 0 aromatic rings. The second kappa shape index (κ2) is 9.81. The van der Waals surface area contributed by atoms with Crippen molar-refractivity contribution in [2.24, 2.45) is 11.8 Å². The predicted octanol–water partition coefficient (Wildman–Crippen LogP) is 3.66. The van der Waals surface area contributed by atoms with Crippen LogP contribution in [-0.2, 0) is 4.79 Å². The topological polar surface area (TPSA) is 20.3 Å². The highest BCUT2D eigenvalue weighted by molar-refractivity contribution is 7.98. The molecule has 0 aliphatic carbocycles. The van der Waals surface area contributed by atoms with Crippen molar-refractivity contribution in [2.75, 3.05) is 25.1 Å². The van der Waals surface area contributed by atoms with Gasteiger partial charge in [-0.1, -0.05) is 27.7 Å². The molecule has 0 aliphatic heterocycles. The lowest BCUT2D eigenvalue weighted by molar-refractivity contribution is -0.131. The van der Waals surface area contributed by atoms with E-state index in [-0.39, 0.29) is 0 Å². The minimum atomic E-state index is 0.334. The van der Waals surface area contributed by atoms with Gasteiger partial charge in [-0.3, -0.25) is 4.79 Å². The Bertz CT molecular complexity index is 192. The van der Waals surface area contributed by atoms with E-state index in [1.54, 1.807) is 11.8 Å². The van der Waals surface area contributed by atoms with E-state index in [1.165, 1.54) is 0 Å². The van der Waals surface area contributed by atoms with Gasteiger partial charge in [0.2, 0.25) is 5.91 Å². The van der Waals surface area contributed by atoms with Crippen LogP contribution in [0, 0.1) is 11.8 Å². The second-order valence-corrected chi connectivity index (χ2v) is 6.47. The smallest absolute Gasteiger partial charge is 0.223 e. The number of carbonyl (C=O) groups excluding carboxylic acids is 1. The molecule has 0 radical (unpaired) electrons. The third-order valence-corrected chi connectivity index (χ3v) is 3.44. The van der Waals surface area contributed by atoms with Gasteiger partial charge in [0.15, 0.2) is 0 Å². The molecule has 0 bridgehead atoms. The zero-order valence-corrected chi connectivity index (χ0v) is 13.0. The average molecular weight is 259 g/mol. The maximum atomic E-state index is 12.0. The molecule has 2 nitrogen and oxygen atoms in total. The summed E-state index contributed by atoms with van der Waals surface area (Å²) in [5.41, 5.74) is 0. The highest BCUT2D eigenvalue weighted by atomic mass is 32.2. The Hall–Kier alpha value is -0.180. The summed E-state index contributed by atoms with van der Waals surface area (Å²) < 4.78 is 0. The summed E-state index contributed by atoms with van der Waals surface area (Å²) in [7, 11) is 0. The van der Waals surface area contributed by atoms with Gasteiger partial charge in [0, 0.05) is 25.3 Å². The van der Waals surface area contributed by atoms with Crippen molar-refractivity contribution in [3.05, 3.63) is 0 Å². The number of hydrogen-bond donors (Lipinski definition) is 0. The first-order chi connectivity index (χ1) is 7.97. The van der Waals surface area contributed by atoms with Gasteiger partial charge >= 0.3 is 0 Å². The first-order valence-corrected chi connectivity index (χ1v) is 8.13. The van der Waals surface area contributed by atoms with Gasteiger partial charge in [0.05, 0.1) is 0 Å². The lowest BCUT2D eigenvalue weighted by Gasteiger charge is -2.24. The number of amides is 1. The van der Waals surface area contributed by atoms with Crippen LogP contribution in [0.3, 0.4) is 0 Å². The highest BCUT2D eigenvalue weighted by Gasteiger charge is 2.13. The molecule has 0 saturated heterocycles. The van der Waals surface area contributed by atoms with Crippen LogP contribution in [0.25, 0.3) is 0 Å². The van der Waals surface area contributed by atoms with Crippen LogP contribution in [0.1, 0.15) is 47.0 Å². The molecular formula is C14H29NOS. The number of nitrogens with zero attached hydrogens (tertiary/aromatic N) is 1. The SMILES string of the molecule is CSCCC(=O)N(CCC(C)C)CCC(C)C. The molecule has 0 aromatic heterocycles. The maximum absolute atomic E-state index is 12.0. The van der Waals surface area contributed by atoms with Gasteiger partial charge < -0.3 is 4.90 Å². The fourth-order valence-corrected chi connectivity index (χ4v) is 1.92. The van der Waals surface area contributed by atoms with Crippen LogP contribution >= 0.6 is 11.8 Å². The molecule has 0 unspecified atom stereocenters. The van der Waals surface area contributed by atoms with Gasteiger partial charge in [-0.2, -0.15) is 11.8 Å². The van der Waals surface area contributed by atoms with E-state index in [0.29, 0.717) is 24.2 Å². The summed E-state index contributed by atoms with van der Waals surface area (Å²) in [6.45, 7) is 10.7. The molecule has 0 rings (SSSR count). The number of rotatable bonds is 9. The molecule has 17 heavy (non-hydrogen) atoms. The van der Waals surface area contributed by atoms with E-state index in [0.717, 1.165) is 31.7 Å². The molecule has 0 heterocycles. The summed E-state index contributed by atoms with van der Waals surface area (Å²) in [6, 6.07) is 0. The van der Waals surface area contributed by atoms with Crippen LogP contribution in [0.2, 0.25) is 0 Å². The molecule has 0 aliphatic rings. The Morgan fingerprint density at radius 2 is 1.53 bits per heavy atom. The number of thioether (sulfide) groups is 1. The Morgan fingerprint density at radius 1 is 1.06 bits per heavy atom. The third-order valence-electron chi connectivity index (χ3n) is 2.83. The van der Waals surface area contributed by atoms with E-state index in [4.69, 9.17) is 0 Å². The Labute approximate surface area is 112 Å². The maximum Gasteiger partial charge on any atom is 0.223 e. The second-order valence-electron chi connectivity index (χ2n) is 5.49. The zero-order chi connectivity index (χ0) is 13.3. The zero-order valence-electron chi connectivity index (χ0n) is 12.2. The molecule has 0 N–H and O–H groups in total. The van der Waals surface area contributed by atoms with Crippen molar-refractivity contribution in [3.63, 3.8) is 0 Å². The monoisotopic (exact) mass is 259 g/mol. The van der Waals surface area contributed by atoms with Crippen molar-refractivity contribution < 1.29 is 4.79 Å². The lowest BCUT2D eigenvalue weighted by Crippen LogP contribution is -2.34. The van der Waals surface area contributed by atoms with E-state index >= 15 is 0 Å². The third kappa shape index (κ3) is 9.51. The summed E-state index contributed by atoms with van der Waals surface area (Å²) in [6.07, 6.45) is 4.98. The molecule has 0 atom stereocenters. The van der Waals surface area contributed by atoms with Crippen molar-refractivity contribution in [1.29, 1.82) is 0 Å². The Morgan fingerprint density at radius 3 is 1.88 bits per heavy atom. The first kappa shape index (κ1) is 16.8. The Kier molecular flexibility index (Phi) is 9.71. The normalized spacial score (nSPS) is 11.2. The van der Waals surface area contributed by atoms with Gasteiger partial charge in [-0.25, -0.2) is 0 Å². The molecule has 0 spiro atoms. The van der Waals surface area contributed by atoms with Crippen LogP contribution < -0.4 is 0 Å². The molecule has 0 saturated carbocycles. The minimum Gasteiger partial charge on any atom is -0.343 e. The van der Waals surface area contributed by atoms with Crippen LogP contribution in [-0.4, -0.2) is 35.9 Å². The van der Waals surface area contributed by atoms with E-state index in [1.807, 2.05) is 0 Å². The summed E-state index contributed by atoms with van der Waals surface area (Å²) in [5.74, 6) is 2.62. The van der Waals surface area contributed by atoms with E-state index < -0.39 is 0 Å². The molecule has 1 amide bonds. The number of carbonyl (C=O) groups is 1. The summed E-state index contributed by atoms with van der Waals surface area (Å²) in [5, 5.41) is 0. The van der Waals surface area contributed by atoms with Crippen molar-refractivity contribution in [1.82, 2.24) is 4.90 Å². The number of hydrogen-bond acceptors (Lipinski definition) is 2. The summed E-state index contributed by atoms with van der Waals surface area (Å²) in [4.78, 5) is 14.1. The van der Waals surface area contributed by atoms with Crippen LogP contribution in [0.15, 0.2) is 0 Å². The Balaban J connectivity index is 4.12. The first-order valence-electron chi connectivity index (χ1n) is 6.74.